The van der Waals surface area contributed by atoms with E-state index < -0.39 is 0 Å². The van der Waals surface area contributed by atoms with Crippen molar-refractivity contribution in [2.75, 3.05) is 18.6 Å². The van der Waals surface area contributed by atoms with Crippen LogP contribution in [0.2, 0.25) is 15.1 Å². The minimum atomic E-state index is -0.342. The van der Waals surface area contributed by atoms with Gasteiger partial charge in [-0.2, -0.15) is 0 Å². The standard InChI is InChI=1S/C18H19Cl3N2OS/c1-11(23(2)10-12-4-6-13(25-3)7-5-12)18(24)22-17-9-15(20)14(19)8-16(17)21/h4-9,11H,10H2,1-3H3,(H,22,24)/t11-/m0/s1. The average Bonchev–Trinajstić information content (AvgIpc) is 2.59. The Morgan fingerprint density at radius 3 is 2.32 bits per heavy atom. The monoisotopic (exact) mass is 416 g/mol. The summed E-state index contributed by atoms with van der Waals surface area (Å²) in [5, 5.41) is 3.85. The van der Waals surface area contributed by atoms with Gasteiger partial charge in [0.1, 0.15) is 0 Å². The van der Waals surface area contributed by atoms with Crippen LogP contribution >= 0.6 is 46.6 Å². The summed E-state index contributed by atoms with van der Waals surface area (Å²) < 4.78 is 0. The highest BCUT2D eigenvalue weighted by Crippen LogP contribution is 2.32. The highest BCUT2D eigenvalue weighted by molar-refractivity contribution is 7.98. The van der Waals surface area contributed by atoms with E-state index in [9.17, 15) is 4.79 Å². The predicted octanol–water partition coefficient (Wildman–Crippen LogP) is 5.83. The first-order valence-corrected chi connectivity index (χ1v) is 9.96. The normalized spacial score (nSPS) is 12.3. The predicted molar refractivity (Wildman–Crippen MR) is 109 cm³/mol. The molecule has 0 spiro atoms. The van der Waals surface area contributed by atoms with Gasteiger partial charge in [-0.1, -0.05) is 46.9 Å². The van der Waals surface area contributed by atoms with Crippen molar-refractivity contribution in [3.63, 3.8) is 0 Å². The third-order valence-corrected chi connectivity index (χ3v) is 5.68. The molecule has 0 fully saturated rings. The van der Waals surface area contributed by atoms with Crippen molar-refractivity contribution in [2.45, 2.75) is 24.4 Å². The largest absolute Gasteiger partial charge is 0.323 e. The second kappa shape index (κ2) is 9.15. The van der Waals surface area contributed by atoms with Gasteiger partial charge in [0.15, 0.2) is 0 Å². The number of hydrogen-bond acceptors (Lipinski definition) is 3. The number of rotatable bonds is 6. The van der Waals surface area contributed by atoms with E-state index in [1.807, 2.05) is 25.1 Å². The molecule has 134 valence electrons. The summed E-state index contributed by atoms with van der Waals surface area (Å²) >= 11 is 19.7. The Labute approximate surface area is 167 Å². The fourth-order valence-electron chi connectivity index (χ4n) is 2.21. The van der Waals surface area contributed by atoms with E-state index in [2.05, 4.69) is 29.6 Å². The lowest BCUT2D eigenvalue weighted by molar-refractivity contribution is -0.120. The molecule has 0 unspecified atom stereocenters. The van der Waals surface area contributed by atoms with Crippen molar-refractivity contribution >= 4 is 58.2 Å². The number of anilines is 1. The smallest absolute Gasteiger partial charge is 0.241 e. The van der Waals surface area contributed by atoms with E-state index in [-0.39, 0.29) is 11.9 Å². The van der Waals surface area contributed by atoms with E-state index in [4.69, 9.17) is 34.8 Å². The van der Waals surface area contributed by atoms with E-state index in [1.165, 1.54) is 11.0 Å². The maximum absolute atomic E-state index is 12.5. The molecule has 2 rings (SSSR count). The van der Waals surface area contributed by atoms with Crippen LogP contribution in [-0.2, 0) is 11.3 Å². The first-order valence-electron chi connectivity index (χ1n) is 7.60. The first kappa shape index (κ1) is 20.4. The number of nitrogens with one attached hydrogen (secondary N) is 1. The summed E-state index contributed by atoms with van der Waals surface area (Å²) in [6.45, 7) is 2.51. The van der Waals surface area contributed by atoms with Crippen molar-refractivity contribution in [3.05, 3.63) is 57.0 Å². The molecule has 2 aromatic carbocycles. The lowest BCUT2D eigenvalue weighted by atomic mass is 10.2. The summed E-state index contributed by atoms with van der Waals surface area (Å²) in [7, 11) is 1.91. The molecule has 1 atom stereocenters. The molecular formula is C18H19Cl3N2OS. The van der Waals surface area contributed by atoms with Gasteiger partial charge in [-0.3, -0.25) is 9.69 Å². The van der Waals surface area contributed by atoms with Crippen molar-refractivity contribution in [1.29, 1.82) is 0 Å². The third kappa shape index (κ3) is 5.53. The molecule has 7 heteroatoms. The number of amides is 1. The molecule has 25 heavy (non-hydrogen) atoms. The van der Waals surface area contributed by atoms with Crippen molar-refractivity contribution in [2.24, 2.45) is 0 Å². The maximum atomic E-state index is 12.5. The number of benzene rings is 2. The van der Waals surface area contributed by atoms with Crippen molar-refractivity contribution in [1.82, 2.24) is 4.90 Å². The van der Waals surface area contributed by atoms with E-state index in [1.54, 1.807) is 17.8 Å². The Bertz CT molecular complexity index is 753. The quantitative estimate of drug-likeness (QED) is 0.474. The molecule has 0 bridgehead atoms. The lowest BCUT2D eigenvalue weighted by Crippen LogP contribution is -2.39. The zero-order valence-corrected chi connectivity index (χ0v) is 17.2. The Morgan fingerprint density at radius 1 is 1.12 bits per heavy atom. The number of halogens is 3. The molecule has 0 aliphatic carbocycles. The molecule has 0 aliphatic rings. The summed E-state index contributed by atoms with van der Waals surface area (Å²) in [5.41, 5.74) is 1.60. The van der Waals surface area contributed by atoms with Gasteiger partial charge in [-0.15, -0.1) is 11.8 Å². The Morgan fingerprint density at radius 2 is 1.72 bits per heavy atom. The van der Waals surface area contributed by atoms with Gasteiger partial charge in [-0.25, -0.2) is 0 Å². The van der Waals surface area contributed by atoms with Crippen LogP contribution in [0.1, 0.15) is 12.5 Å². The van der Waals surface area contributed by atoms with Gasteiger partial charge in [0, 0.05) is 11.4 Å². The van der Waals surface area contributed by atoms with E-state index >= 15 is 0 Å². The van der Waals surface area contributed by atoms with E-state index in [0.29, 0.717) is 27.3 Å². The topological polar surface area (TPSA) is 32.3 Å². The summed E-state index contributed by atoms with van der Waals surface area (Å²) in [4.78, 5) is 15.7. The molecule has 0 radical (unpaired) electrons. The van der Waals surface area contributed by atoms with Gasteiger partial charge in [0.25, 0.3) is 0 Å². The molecule has 0 aromatic heterocycles. The van der Waals surface area contributed by atoms with Crippen molar-refractivity contribution in [3.8, 4) is 0 Å². The molecule has 3 nitrogen and oxygen atoms in total. The van der Waals surface area contributed by atoms with Gasteiger partial charge in [0.05, 0.1) is 26.8 Å². The van der Waals surface area contributed by atoms with Crippen molar-refractivity contribution < 1.29 is 4.79 Å². The number of likely N-dealkylation sites (N-methyl/N-ethyl adjacent to an activating group) is 1. The zero-order valence-electron chi connectivity index (χ0n) is 14.1. The number of hydrogen-bond donors (Lipinski definition) is 1. The van der Waals surface area contributed by atoms with Gasteiger partial charge < -0.3 is 5.32 Å². The minimum absolute atomic E-state index is 0.163. The molecular weight excluding hydrogens is 399 g/mol. The second-order valence-electron chi connectivity index (χ2n) is 5.67. The summed E-state index contributed by atoms with van der Waals surface area (Å²) in [6, 6.07) is 11.0. The van der Waals surface area contributed by atoms with Crippen LogP contribution in [0.25, 0.3) is 0 Å². The Kier molecular flexibility index (Phi) is 7.47. The molecule has 0 saturated heterocycles. The van der Waals surface area contributed by atoms with Crippen LogP contribution in [0.3, 0.4) is 0 Å². The minimum Gasteiger partial charge on any atom is -0.323 e. The fourth-order valence-corrected chi connectivity index (χ4v) is 3.21. The average molecular weight is 418 g/mol. The van der Waals surface area contributed by atoms with Gasteiger partial charge in [-0.05, 0) is 50.1 Å². The number of nitrogens with zero attached hydrogens (tertiary/aromatic N) is 1. The molecule has 1 amide bonds. The number of carbonyl (C=O) groups excluding carboxylic acids is 1. The number of carbonyl (C=O) groups is 1. The van der Waals surface area contributed by atoms with Crippen LogP contribution < -0.4 is 5.32 Å². The molecule has 0 heterocycles. The maximum Gasteiger partial charge on any atom is 0.241 e. The van der Waals surface area contributed by atoms with Gasteiger partial charge in [0.2, 0.25) is 5.91 Å². The second-order valence-corrected chi connectivity index (χ2v) is 7.78. The zero-order chi connectivity index (χ0) is 18.6. The van der Waals surface area contributed by atoms with Crippen LogP contribution in [0, 0.1) is 0 Å². The van der Waals surface area contributed by atoms with Crippen LogP contribution in [-0.4, -0.2) is 30.2 Å². The molecule has 1 N–H and O–H groups in total. The van der Waals surface area contributed by atoms with Crippen LogP contribution in [0.5, 0.6) is 0 Å². The molecule has 0 aliphatic heterocycles. The van der Waals surface area contributed by atoms with Crippen LogP contribution in [0.4, 0.5) is 5.69 Å². The summed E-state index contributed by atoms with van der Waals surface area (Å²) in [6.07, 6.45) is 2.04. The fraction of sp³-hybridized carbons (Fsp3) is 0.278. The van der Waals surface area contributed by atoms with E-state index in [0.717, 1.165) is 5.56 Å². The number of thioether (sulfide) groups is 1. The third-order valence-electron chi connectivity index (χ3n) is 3.90. The van der Waals surface area contributed by atoms with Gasteiger partial charge >= 0.3 is 0 Å². The summed E-state index contributed by atoms with van der Waals surface area (Å²) in [5.74, 6) is -0.163. The molecule has 0 saturated carbocycles. The highest BCUT2D eigenvalue weighted by Gasteiger charge is 2.19. The Balaban J connectivity index is 2.02. The lowest BCUT2D eigenvalue weighted by Gasteiger charge is -2.24. The first-order chi connectivity index (χ1) is 11.8. The molecule has 2 aromatic rings. The Hall–Kier alpha value is -0.910. The SMILES string of the molecule is CSc1ccc(CN(C)[C@@H](C)C(=O)Nc2cc(Cl)c(Cl)cc2Cl)cc1. The highest BCUT2D eigenvalue weighted by atomic mass is 35.5. The van der Waals surface area contributed by atoms with Crippen LogP contribution in [0.15, 0.2) is 41.3 Å².